The van der Waals surface area contributed by atoms with Crippen molar-refractivity contribution in [2.75, 3.05) is 11.8 Å². The predicted molar refractivity (Wildman–Crippen MR) is 112 cm³/mol. The number of carbonyl (C=O) groups is 1. The van der Waals surface area contributed by atoms with Crippen molar-refractivity contribution < 1.29 is 17.9 Å². The molecule has 0 aromatic heterocycles. The number of carbonyl (C=O) groups excluding carboxylic acids is 1. The van der Waals surface area contributed by atoms with Crippen molar-refractivity contribution >= 4 is 44.8 Å². The molecule has 1 atom stereocenters. The Balaban J connectivity index is 2.42. The summed E-state index contributed by atoms with van der Waals surface area (Å²) >= 11 is 12.0. The van der Waals surface area contributed by atoms with Crippen LogP contribution in [0.1, 0.15) is 31.1 Å². The van der Waals surface area contributed by atoms with E-state index in [0.29, 0.717) is 5.02 Å². The van der Waals surface area contributed by atoms with Crippen LogP contribution in [0.3, 0.4) is 0 Å². The molecule has 6 nitrogen and oxygen atoms in total. The first kappa shape index (κ1) is 22.3. The number of ether oxygens (including phenoxy) is 1. The second-order valence-electron chi connectivity index (χ2n) is 6.60. The second-order valence-corrected chi connectivity index (χ2v) is 9.10. The molecular formula is C19H22Cl2N2O4S. The van der Waals surface area contributed by atoms with E-state index in [1.807, 2.05) is 20.8 Å². The Morgan fingerprint density at radius 2 is 1.75 bits per heavy atom. The van der Waals surface area contributed by atoms with E-state index in [0.717, 1.165) is 0 Å². The van der Waals surface area contributed by atoms with Gasteiger partial charge in [-0.2, -0.15) is 0 Å². The Morgan fingerprint density at radius 3 is 2.36 bits per heavy atom. The third-order valence-electron chi connectivity index (χ3n) is 4.25. The van der Waals surface area contributed by atoms with Crippen LogP contribution in [-0.2, 0) is 10.0 Å². The van der Waals surface area contributed by atoms with Gasteiger partial charge in [-0.25, -0.2) is 8.42 Å². The molecule has 0 saturated carbocycles. The molecule has 0 aliphatic carbocycles. The van der Waals surface area contributed by atoms with Crippen molar-refractivity contribution in [3.8, 4) is 5.75 Å². The summed E-state index contributed by atoms with van der Waals surface area (Å²) < 4.78 is 33.4. The molecule has 2 rings (SSSR count). The number of benzene rings is 2. The molecule has 0 aliphatic heterocycles. The van der Waals surface area contributed by atoms with Gasteiger partial charge >= 0.3 is 0 Å². The number of rotatable bonds is 7. The molecule has 0 fully saturated rings. The minimum atomic E-state index is -4.09. The summed E-state index contributed by atoms with van der Waals surface area (Å²) in [5.41, 5.74) is 0.324. The highest BCUT2D eigenvalue weighted by atomic mass is 35.5. The zero-order valence-corrected chi connectivity index (χ0v) is 18.2. The van der Waals surface area contributed by atoms with Gasteiger partial charge < -0.3 is 10.1 Å². The van der Waals surface area contributed by atoms with E-state index >= 15 is 0 Å². The number of hydrogen-bond acceptors (Lipinski definition) is 4. The Kier molecular flexibility index (Phi) is 7.20. The van der Waals surface area contributed by atoms with Crippen LogP contribution in [0.2, 0.25) is 10.0 Å². The van der Waals surface area contributed by atoms with Crippen LogP contribution < -0.4 is 14.8 Å². The van der Waals surface area contributed by atoms with E-state index in [9.17, 15) is 13.2 Å². The molecule has 2 N–H and O–H groups in total. The maximum absolute atomic E-state index is 12.9. The summed E-state index contributed by atoms with van der Waals surface area (Å²) in [7, 11) is -2.75. The molecule has 0 saturated heterocycles. The standard InChI is InChI=1S/C19H22Cl2N2O4S/c1-11(2)12(3)22-19(24)13-5-8-17(27-4)18(9-13)28(25,26)23-16-10-14(20)6-7-15(16)21/h5-12,23H,1-4H3,(H,22,24). The highest BCUT2D eigenvalue weighted by Gasteiger charge is 2.23. The molecule has 0 spiro atoms. The summed E-state index contributed by atoms with van der Waals surface area (Å²) in [5, 5.41) is 3.36. The highest BCUT2D eigenvalue weighted by molar-refractivity contribution is 7.92. The first-order valence-corrected chi connectivity index (χ1v) is 10.8. The van der Waals surface area contributed by atoms with Gasteiger partial charge in [-0.3, -0.25) is 9.52 Å². The lowest BCUT2D eigenvalue weighted by molar-refractivity contribution is 0.0930. The van der Waals surface area contributed by atoms with Crippen molar-refractivity contribution in [2.45, 2.75) is 31.7 Å². The van der Waals surface area contributed by atoms with E-state index in [-0.39, 0.29) is 44.8 Å². The van der Waals surface area contributed by atoms with Gasteiger partial charge in [-0.05, 0) is 49.2 Å². The quantitative estimate of drug-likeness (QED) is 0.654. The minimum Gasteiger partial charge on any atom is -0.495 e. The van der Waals surface area contributed by atoms with Crippen molar-refractivity contribution in [1.82, 2.24) is 5.32 Å². The van der Waals surface area contributed by atoms with Crippen LogP contribution >= 0.6 is 23.2 Å². The van der Waals surface area contributed by atoms with E-state index in [1.165, 1.54) is 37.4 Å². The Labute approximate surface area is 175 Å². The molecule has 2 aromatic rings. The largest absolute Gasteiger partial charge is 0.495 e. The van der Waals surface area contributed by atoms with E-state index < -0.39 is 10.0 Å². The predicted octanol–water partition coefficient (Wildman–Crippen LogP) is 4.58. The molecule has 1 amide bonds. The average molecular weight is 445 g/mol. The van der Waals surface area contributed by atoms with Crippen LogP contribution in [0.25, 0.3) is 0 Å². The molecule has 152 valence electrons. The van der Waals surface area contributed by atoms with Crippen LogP contribution in [0.5, 0.6) is 5.75 Å². The van der Waals surface area contributed by atoms with Crippen molar-refractivity contribution in [3.63, 3.8) is 0 Å². The summed E-state index contributed by atoms with van der Waals surface area (Å²) in [5.74, 6) is -0.0442. The van der Waals surface area contributed by atoms with Crippen molar-refractivity contribution in [1.29, 1.82) is 0 Å². The summed E-state index contributed by atoms with van der Waals surface area (Å²) in [6.07, 6.45) is 0. The van der Waals surface area contributed by atoms with Gasteiger partial charge in [0.25, 0.3) is 15.9 Å². The number of anilines is 1. The lowest BCUT2D eigenvalue weighted by atomic mass is 10.1. The topological polar surface area (TPSA) is 84.5 Å². The Bertz CT molecular complexity index is 978. The van der Waals surface area contributed by atoms with E-state index in [2.05, 4.69) is 10.0 Å². The van der Waals surface area contributed by atoms with Crippen molar-refractivity contribution in [2.24, 2.45) is 5.92 Å². The SMILES string of the molecule is COc1ccc(C(=O)NC(C)C(C)C)cc1S(=O)(=O)Nc1cc(Cl)ccc1Cl. The fourth-order valence-electron chi connectivity index (χ4n) is 2.26. The molecule has 0 aliphatic rings. The lowest BCUT2D eigenvalue weighted by Gasteiger charge is -2.18. The number of hydrogen-bond donors (Lipinski definition) is 2. The lowest BCUT2D eigenvalue weighted by Crippen LogP contribution is -2.36. The highest BCUT2D eigenvalue weighted by Crippen LogP contribution is 2.31. The fourth-order valence-corrected chi connectivity index (χ4v) is 3.92. The maximum atomic E-state index is 12.9. The minimum absolute atomic E-state index is 0.0712. The molecule has 28 heavy (non-hydrogen) atoms. The third-order valence-corrected chi connectivity index (χ3v) is 6.20. The number of sulfonamides is 1. The van der Waals surface area contributed by atoms with Gasteiger partial charge in [0.1, 0.15) is 10.6 Å². The molecular weight excluding hydrogens is 423 g/mol. The maximum Gasteiger partial charge on any atom is 0.265 e. The number of halogens is 2. The van der Waals surface area contributed by atoms with Gasteiger partial charge in [-0.15, -0.1) is 0 Å². The average Bonchev–Trinajstić information content (AvgIpc) is 2.63. The van der Waals surface area contributed by atoms with Gasteiger partial charge in [0.2, 0.25) is 0 Å². The summed E-state index contributed by atoms with van der Waals surface area (Å²) in [4.78, 5) is 12.3. The first-order chi connectivity index (χ1) is 13.0. The van der Waals surface area contributed by atoms with Gasteiger partial charge in [0, 0.05) is 16.6 Å². The first-order valence-electron chi connectivity index (χ1n) is 8.52. The third kappa shape index (κ3) is 5.31. The van der Waals surface area contributed by atoms with Crippen LogP contribution in [0.15, 0.2) is 41.3 Å². The fraction of sp³-hybridized carbons (Fsp3) is 0.316. The van der Waals surface area contributed by atoms with Gasteiger partial charge in [0.15, 0.2) is 0 Å². The van der Waals surface area contributed by atoms with E-state index in [4.69, 9.17) is 27.9 Å². The van der Waals surface area contributed by atoms with Gasteiger partial charge in [-0.1, -0.05) is 37.0 Å². The zero-order chi connectivity index (χ0) is 21.1. The van der Waals surface area contributed by atoms with Gasteiger partial charge in [0.05, 0.1) is 17.8 Å². The smallest absolute Gasteiger partial charge is 0.265 e. The van der Waals surface area contributed by atoms with Crippen LogP contribution in [-0.4, -0.2) is 27.5 Å². The molecule has 0 heterocycles. The number of amides is 1. The van der Waals surface area contributed by atoms with Crippen molar-refractivity contribution in [3.05, 3.63) is 52.0 Å². The second kappa shape index (κ2) is 9.03. The Hall–Kier alpha value is -1.96. The summed E-state index contributed by atoms with van der Waals surface area (Å²) in [6.45, 7) is 5.84. The van der Waals surface area contributed by atoms with Crippen LogP contribution in [0, 0.1) is 5.92 Å². The number of methoxy groups -OCH3 is 1. The molecule has 0 radical (unpaired) electrons. The molecule has 9 heteroatoms. The zero-order valence-electron chi connectivity index (χ0n) is 15.9. The summed E-state index contributed by atoms with van der Waals surface area (Å²) in [6, 6.07) is 8.56. The van der Waals surface area contributed by atoms with Crippen LogP contribution in [0.4, 0.5) is 5.69 Å². The molecule has 2 aromatic carbocycles. The normalized spacial score (nSPS) is 12.5. The van der Waals surface area contributed by atoms with E-state index in [1.54, 1.807) is 6.07 Å². The molecule has 0 bridgehead atoms. The monoisotopic (exact) mass is 444 g/mol. The Morgan fingerprint density at radius 1 is 1.07 bits per heavy atom. The molecule has 1 unspecified atom stereocenters. The number of nitrogens with one attached hydrogen (secondary N) is 2.